The topological polar surface area (TPSA) is 66.5 Å². The highest BCUT2D eigenvalue weighted by Crippen LogP contribution is 2.22. The first kappa shape index (κ1) is 21.7. The van der Waals surface area contributed by atoms with Crippen molar-refractivity contribution in [2.45, 2.75) is 77.7 Å². The molecule has 1 N–H and O–H groups in total. The maximum absolute atomic E-state index is 12.3. The number of sulfonamides is 1. The van der Waals surface area contributed by atoms with Gasteiger partial charge >= 0.3 is 0 Å². The zero-order valence-corrected chi connectivity index (χ0v) is 17.8. The van der Waals surface area contributed by atoms with Crippen LogP contribution in [-0.2, 0) is 14.8 Å². The van der Waals surface area contributed by atoms with E-state index in [2.05, 4.69) is 5.32 Å². The highest BCUT2D eigenvalue weighted by Gasteiger charge is 2.19. The molecule has 1 aromatic rings. The smallest absolute Gasteiger partial charge is 0.232 e. The monoisotopic (exact) mass is 394 g/mol. The van der Waals surface area contributed by atoms with Gasteiger partial charge in [-0.15, -0.1) is 0 Å². The van der Waals surface area contributed by atoms with Crippen molar-refractivity contribution >= 4 is 21.6 Å². The van der Waals surface area contributed by atoms with Crippen molar-refractivity contribution in [3.63, 3.8) is 0 Å². The van der Waals surface area contributed by atoms with Gasteiger partial charge in [-0.05, 0) is 56.4 Å². The number of carbonyl (C=O) groups is 1. The maximum atomic E-state index is 12.3. The number of hydrogen-bond donors (Lipinski definition) is 1. The average molecular weight is 395 g/mol. The predicted octanol–water partition coefficient (Wildman–Crippen LogP) is 4.08. The molecule has 152 valence electrons. The molecule has 0 aliphatic heterocycles. The van der Waals surface area contributed by atoms with Crippen LogP contribution in [0.2, 0.25) is 0 Å². The number of aryl methyl sites for hydroxylation is 2. The third-order valence-electron chi connectivity index (χ3n) is 5.41. The number of nitrogens with zero attached hydrogens (tertiary/aromatic N) is 1. The van der Waals surface area contributed by atoms with E-state index in [9.17, 15) is 13.2 Å². The van der Waals surface area contributed by atoms with Crippen LogP contribution in [0.5, 0.6) is 0 Å². The largest absolute Gasteiger partial charge is 0.353 e. The van der Waals surface area contributed by atoms with E-state index >= 15 is 0 Å². The Balaban J connectivity index is 1.89. The van der Waals surface area contributed by atoms with Gasteiger partial charge < -0.3 is 5.32 Å². The Bertz CT molecular complexity index is 723. The van der Waals surface area contributed by atoms with Gasteiger partial charge in [-0.25, -0.2) is 8.42 Å². The highest BCUT2D eigenvalue weighted by molar-refractivity contribution is 7.92. The lowest BCUT2D eigenvalue weighted by Crippen LogP contribution is -2.36. The Hall–Kier alpha value is -1.56. The van der Waals surface area contributed by atoms with E-state index in [0.717, 1.165) is 24.0 Å². The van der Waals surface area contributed by atoms with E-state index in [4.69, 9.17) is 0 Å². The van der Waals surface area contributed by atoms with E-state index < -0.39 is 10.0 Å². The quantitative estimate of drug-likeness (QED) is 0.758. The van der Waals surface area contributed by atoms with Crippen LogP contribution in [-0.4, -0.2) is 33.2 Å². The minimum absolute atomic E-state index is 0.0362. The van der Waals surface area contributed by atoms with Crippen LogP contribution in [0.25, 0.3) is 0 Å². The summed E-state index contributed by atoms with van der Waals surface area (Å²) in [6, 6.07) is 5.94. The number of rotatable bonds is 7. The van der Waals surface area contributed by atoms with Crippen LogP contribution in [0.3, 0.4) is 0 Å². The molecule has 0 heterocycles. The van der Waals surface area contributed by atoms with Crippen molar-refractivity contribution in [2.24, 2.45) is 0 Å². The van der Waals surface area contributed by atoms with Crippen molar-refractivity contribution in [1.29, 1.82) is 0 Å². The Morgan fingerprint density at radius 2 is 1.70 bits per heavy atom. The molecule has 0 radical (unpaired) electrons. The Kier molecular flexibility index (Phi) is 8.14. The predicted molar refractivity (Wildman–Crippen MR) is 112 cm³/mol. The molecular weight excluding hydrogens is 360 g/mol. The number of amides is 1. The minimum atomic E-state index is -3.38. The third-order valence-corrected chi connectivity index (χ3v) is 6.61. The van der Waals surface area contributed by atoms with Gasteiger partial charge in [0, 0.05) is 19.0 Å². The zero-order chi connectivity index (χ0) is 19.9. The molecule has 2 rings (SSSR count). The molecule has 0 bridgehead atoms. The van der Waals surface area contributed by atoms with Gasteiger partial charge in [0.2, 0.25) is 15.9 Å². The third kappa shape index (κ3) is 7.17. The van der Waals surface area contributed by atoms with Crippen LogP contribution in [0, 0.1) is 13.8 Å². The van der Waals surface area contributed by atoms with E-state index in [-0.39, 0.29) is 11.9 Å². The SMILES string of the molecule is Cc1ccc(N(CCCC(=O)NC2CCCCCCC2)S(C)(=O)=O)cc1C. The maximum Gasteiger partial charge on any atom is 0.232 e. The van der Waals surface area contributed by atoms with Crippen LogP contribution in [0.1, 0.15) is 68.9 Å². The highest BCUT2D eigenvalue weighted by atomic mass is 32.2. The van der Waals surface area contributed by atoms with Crippen molar-refractivity contribution in [2.75, 3.05) is 17.1 Å². The molecule has 0 saturated heterocycles. The van der Waals surface area contributed by atoms with Crippen molar-refractivity contribution in [1.82, 2.24) is 5.32 Å². The molecule has 1 fully saturated rings. The molecule has 1 aromatic carbocycles. The lowest BCUT2D eigenvalue weighted by molar-refractivity contribution is -0.122. The molecule has 1 aliphatic carbocycles. The first-order valence-corrected chi connectivity index (χ1v) is 12.0. The first-order chi connectivity index (χ1) is 12.8. The molecule has 0 spiro atoms. The Morgan fingerprint density at radius 3 is 2.30 bits per heavy atom. The van der Waals surface area contributed by atoms with Crippen molar-refractivity contribution in [3.05, 3.63) is 29.3 Å². The number of nitrogens with one attached hydrogen (secondary N) is 1. The lowest BCUT2D eigenvalue weighted by atomic mass is 9.96. The van der Waals surface area contributed by atoms with Crippen molar-refractivity contribution < 1.29 is 13.2 Å². The summed E-state index contributed by atoms with van der Waals surface area (Å²) in [5.41, 5.74) is 2.86. The van der Waals surface area contributed by atoms with E-state index in [0.29, 0.717) is 25.1 Å². The summed E-state index contributed by atoms with van der Waals surface area (Å²) < 4.78 is 25.8. The fourth-order valence-electron chi connectivity index (χ4n) is 3.65. The Labute approximate surface area is 164 Å². The summed E-state index contributed by atoms with van der Waals surface area (Å²) >= 11 is 0. The minimum Gasteiger partial charge on any atom is -0.353 e. The summed E-state index contributed by atoms with van der Waals surface area (Å²) in [5, 5.41) is 3.15. The lowest BCUT2D eigenvalue weighted by Gasteiger charge is -2.24. The molecular formula is C21H34N2O3S. The van der Waals surface area contributed by atoms with E-state index in [1.54, 1.807) is 0 Å². The standard InChI is InChI=1S/C21H34N2O3S/c1-17-13-14-20(16-18(17)2)23(27(3,25)26)15-9-12-21(24)22-19-10-7-5-4-6-8-11-19/h13-14,16,19H,4-12,15H2,1-3H3,(H,22,24). The summed E-state index contributed by atoms with van der Waals surface area (Å²) in [4.78, 5) is 12.3. The van der Waals surface area contributed by atoms with Gasteiger partial charge in [0.05, 0.1) is 11.9 Å². The fraction of sp³-hybridized carbons (Fsp3) is 0.667. The Morgan fingerprint density at radius 1 is 1.07 bits per heavy atom. The van der Waals surface area contributed by atoms with E-state index in [1.807, 2.05) is 32.0 Å². The molecule has 5 nitrogen and oxygen atoms in total. The van der Waals surface area contributed by atoms with Crippen LogP contribution < -0.4 is 9.62 Å². The van der Waals surface area contributed by atoms with Crippen LogP contribution in [0.15, 0.2) is 18.2 Å². The van der Waals surface area contributed by atoms with Crippen molar-refractivity contribution in [3.8, 4) is 0 Å². The van der Waals surface area contributed by atoms with Gasteiger partial charge in [-0.2, -0.15) is 0 Å². The number of benzene rings is 1. The molecule has 0 atom stereocenters. The summed E-state index contributed by atoms with van der Waals surface area (Å²) in [7, 11) is -3.38. The normalized spacial score (nSPS) is 16.4. The van der Waals surface area contributed by atoms with Gasteiger partial charge in [-0.1, -0.05) is 38.2 Å². The van der Waals surface area contributed by atoms with Gasteiger partial charge in [0.25, 0.3) is 0 Å². The number of carbonyl (C=O) groups excluding carboxylic acids is 1. The van der Waals surface area contributed by atoms with Gasteiger partial charge in [-0.3, -0.25) is 9.10 Å². The molecule has 0 unspecified atom stereocenters. The summed E-state index contributed by atoms with van der Waals surface area (Å²) in [5.74, 6) is 0.0362. The average Bonchev–Trinajstić information content (AvgIpc) is 2.55. The van der Waals surface area contributed by atoms with Crippen LogP contribution >= 0.6 is 0 Å². The second kappa shape index (κ2) is 10.1. The molecule has 1 aliphatic rings. The van der Waals surface area contributed by atoms with Crippen LogP contribution in [0.4, 0.5) is 5.69 Å². The molecule has 1 amide bonds. The first-order valence-electron chi connectivity index (χ1n) is 10.1. The molecule has 27 heavy (non-hydrogen) atoms. The van der Waals surface area contributed by atoms with Gasteiger partial charge in [0.1, 0.15) is 0 Å². The summed E-state index contributed by atoms with van der Waals surface area (Å²) in [6.45, 7) is 4.30. The number of hydrogen-bond acceptors (Lipinski definition) is 3. The second-order valence-electron chi connectivity index (χ2n) is 7.82. The molecule has 0 aromatic heterocycles. The number of anilines is 1. The second-order valence-corrected chi connectivity index (χ2v) is 9.72. The van der Waals surface area contributed by atoms with E-state index in [1.165, 1.54) is 42.7 Å². The molecule has 6 heteroatoms. The fourth-order valence-corrected chi connectivity index (χ4v) is 4.61. The van der Waals surface area contributed by atoms with Gasteiger partial charge in [0.15, 0.2) is 0 Å². The molecule has 1 saturated carbocycles. The zero-order valence-electron chi connectivity index (χ0n) is 17.0. The summed E-state index contributed by atoms with van der Waals surface area (Å²) in [6.07, 6.45) is 10.4.